The molecule has 27 heavy (non-hydrogen) atoms. The predicted octanol–water partition coefficient (Wildman–Crippen LogP) is 4.61. The molecule has 0 saturated carbocycles. The van der Waals surface area contributed by atoms with Crippen molar-refractivity contribution in [1.82, 2.24) is 9.80 Å². The fourth-order valence-electron chi connectivity index (χ4n) is 4.59. The second-order valence-electron chi connectivity index (χ2n) is 8.53. The minimum Gasteiger partial charge on any atom is -0.379 e. The fourth-order valence-corrected chi connectivity index (χ4v) is 4.59. The van der Waals surface area contributed by atoms with Gasteiger partial charge in [0.2, 0.25) is 0 Å². The lowest BCUT2D eigenvalue weighted by atomic mass is 9.90. The molecule has 0 aromatic heterocycles. The number of unbranched alkanes of at least 4 members (excludes halogenated alkanes) is 3. The van der Waals surface area contributed by atoms with Crippen LogP contribution in [0.2, 0.25) is 0 Å². The monoisotopic (exact) mass is 372 g/mol. The lowest BCUT2D eigenvalue weighted by Crippen LogP contribution is -2.36. The summed E-state index contributed by atoms with van der Waals surface area (Å²) >= 11 is 0. The number of piperidine rings is 1. The first-order chi connectivity index (χ1) is 13.4. The number of ether oxygens (including phenoxy) is 1. The number of hydrogen-bond donors (Lipinski definition) is 0. The number of rotatable bonds is 11. The van der Waals surface area contributed by atoms with Gasteiger partial charge >= 0.3 is 0 Å². The van der Waals surface area contributed by atoms with Gasteiger partial charge in [-0.1, -0.05) is 49.6 Å². The van der Waals surface area contributed by atoms with Crippen LogP contribution in [-0.4, -0.2) is 62.3 Å². The zero-order chi connectivity index (χ0) is 18.6. The summed E-state index contributed by atoms with van der Waals surface area (Å²) in [6, 6.07) is 11.0. The van der Waals surface area contributed by atoms with Gasteiger partial charge in [0, 0.05) is 13.1 Å². The summed E-state index contributed by atoms with van der Waals surface area (Å²) in [7, 11) is 0. The van der Waals surface area contributed by atoms with E-state index in [4.69, 9.17) is 4.74 Å². The average molecular weight is 373 g/mol. The van der Waals surface area contributed by atoms with Crippen LogP contribution in [-0.2, 0) is 11.2 Å². The Morgan fingerprint density at radius 2 is 1.37 bits per heavy atom. The van der Waals surface area contributed by atoms with Gasteiger partial charge in [-0.25, -0.2) is 0 Å². The fraction of sp³-hybridized carbons (Fsp3) is 0.750. The Kier molecular flexibility index (Phi) is 9.67. The number of nitrogens with zero attached hydrogens (tertiary/aromatic N) is 2. The van der Waals surface area contributed by atoms with E-state index in [1.165, 1.54) is 89.5 Å². The summed E-state index contributed by atoms with van der Waals surface area (Å²) in [5.74, 6) is 0.971. The molecule has 2 saturated heterocycles. The molecule has 3 heteroatoms. The molecule has 0 amide bonds. The third-order valence-corrected chi connectivity index (χ3v) is 6.43. The van der Waals surface area contributed by atoms with Gasteiger partial charge < -0.3 is 9.64 Å². The molecule has 3 nitrogen and oxygen atoms in total. The molecule has 2 aliphatic rings. The first kappa shape index (κ1) is 20.8. The van der Waals surface area contributed by atoms with E-state index in [0.29, 0.717) is 0 Å². The normalized spacial score (nSPS) is 20.1. The van der Waals surface area contributed by atoms with Crippen molar-refractivity contribution in [2.45, 2.75) is 57.8 Å². The molecule has 0 radical (unpaired) electrons. The van der Waals surface area contributed by atoms with Gasteiger partial charge in [0.1, 0.15) is 0 Å². The molecular formula is C24H40N2O. The van der Waals surface area contributed by atoms with Crippen LogP contribution in [0.25, 0.3) is 0 Å². The Hall–Kier alpha value is -0.900. The third kappa shape index (κ3) is 8.33. The highest BCUT2D eigenvalue weighted by Crippen LogP contribution is 2.23. The lowest BCUT2D eigenvalue weighted by molar-refractivity contribution is 0.0371. The van der Waals surface area contributed by atoms with Crippen LogP contribution >= 0.6 is 0 Å². The quantitative estimate of drug-likeness (QED) is 0.527. The van der Waals surface area contributed by atoms with E-state index < -0.39 is 0 Å². The molecule has 2 heterocycles. The van der Waals surface area contributed by atoms with Crippen LogP contribution in [0.15, 0.2) is 30.3 Å². The maximum absolute atomic E-state index is 5.41. The molecule has 152 valence electrons. The smallest absolute Gasteiger partial charge is 0.0594 e. The lowest BCUT2D eigenvalue weighted by Gasteiger charge is -2.32. The highest BCUT2D eigenvalue weighted by atomic mass is 16.5. The highest BCUT2D eigenvalue weighted by molar-refractivity contribution is 5.14. The molecule has 2 aliphatic heterocycles. The molecule has 0 N–H and O–H groups in total. The summed E-state index contributed by atoms with van der Waals surface area (Å²) in [6.07, 6.45) is 12.4. The topological polar surface area (TPSA) is 15.7 Å². The minimum atomic E-state index is 0.933. The highest BCUT2D eigenvalue weighted by Gasteiger charge is 2.18. The molecule has 0 bridgehead atoms. The van der Waals surface area contributed by atoms with Crippen molar-refractivity contribution in [3.8, 4) is 0 Å². The van der Waals surface area contributed by atoms with Crippen LogP contribution in [0.3, 0.4) is 0 Å². The van der Waals surface area contributed by atoms with E-state index in [-0.39, 0.29) is 0 Å². The SMILES string of the molecule is c1ccc(CCCC2CCN(CCCCCCN3CCOCC3)CC2)cc1. The van der Waals surface area contributed by atoms with Gasteiger partial charge in [0.05, 0.1) is 13.2 Å². The van der Waals surface area contributed by atoms with Crippen LogP contribution in [0.4, 0.5) is 0 Å². The molecule has 1 aromatic rings. The molecular weight excluding hydrogens is 332 g/mol. The van der Waals surface area contributed by atoms with Crippen LogP contribution < -0.4 is 0 Å². The maximum Gasteiger partial charge on any atom is 0.0594 e. The van der Waals surface area contributed by atoms with Gasteiger partial charge in [-0.2, -0.15) is 0 Å². The largest absolute Gasteiger partial charge is 0.379 e. The Labute approximate surface area is 167 Å². The number of hydrogen-bond acceptors (Lipinski definition) is 3. The van der Waals surface area contributed by atoms with E-state index >= 15 is 0 Å². The van der Waals surface area contributed by atoms with Gasteiger partial charge in [-0.05, 0) is 76.2 Å². The van der Waals surface area contributed by atoms with E-state index in [2.05, 4.69) is 40.1 Å². The second-order valence-corrected chi connectivity index (χ2v) is 8.53. The molecule has 0 aliphatic carbocycles. The number of likely N-dealkylation sites (tertiary alicyclic amines) is 1. The van der Waals surface area contributed by atoms with E-state index in [1.807, 2.05) is 0 Å². The summed E-state index contributed by atoms with van der Waals surface area (Å²) < 4.78 is 5.41. The van der Waals surface area contributed by atoms with Crippen LogP contribution in [0.1, 0.15) is 56.9 Å². The van der Waals surface area contributed by atoms with Crippen molar-refractivity contribution in [3.63, 3.8) is 0 Å². The third-order valence-electron chi connectivity index (χ3n) is 6.43. The summed E-state index contributed by atoms with van der Waals surface area (Å²) in [6.45, 7) is 9.42. The summed E-state index contributed by atoms with van der Waals surface area (Å²) in [4.78, 5) is 5.28. The Bertz CT molecular complexity index is 478. The van der Waals surface area contributed by atoms with Gasteiger partial charge in [0.25, 0.3) is 0 Å². The molecule has 0 unspecified atom stereocenters. The molecule has 0 atom stereocenters. The zero-order valence-electron chi connectivity index (χ0n) is 17.3. The van der Waals surface area contributed by atoms with E-state index in [0.717, 1.165) is 32.2 Å². The van der Waals surface area contributed by atoms with Gasteiger partial charge in [-0.3, -0.25) is 4.90 Å². The van der Waals surface area contributed by atoms with E-state index in [1.54, 1.807) is 0 Å². The van der Waals surface area contributed by atoms with Crippen LogP contribution in [0, 0.1) is 5.92 Å². The van der Waals surface area contributed by atoms with Crippen molar-refractivity contribution >= 4 is 0 Å². The van der Waals surface area contributed by atoms with Gasteiger partial charge in [-0.15, -0.1) is 0 Å². The van der Waals surface area contributed by atoms with Crippen molar-refractivity contribution in [1.29, 1.82) is 0 Å². The molecule has 3 rings (SSSR count). The number of morpholine rings is 1. The first-order valence-corrected chi connectivity index (χ1v) is 11.5. The number of benzene rings is 1. The van der Waals surface area contributed by atoms with Crippen molar-refractivity contribution in [3.05, 3.63) is 35.9 Å². The second kappa shape index (κ2) is 12.5. The molecule has 2 fully saturated rings. The Morgan fingerprint density at radius 1 is 0.741 bits per heavy atom. The average Bonchev–Trinajstić information content (AvgIpc) is 2.73. The molecule has 1 aromatic carbocycles. The minimum absolute atomic E-state index is 0.933. The van der Waals surface area contributed by atoms with Crippen molar-refractivity contribution < 1.29 is 4.74 Å². The van der Waals surface area contributed by atoms with E-state index in [9.17, 15) is 0 Å². The van der Waals surface area contributed by atoms with Crippen molar-refractivity contribution in [2.24, 2.45) is 5.92 Å². The zero-order valence-corrected chi connectivity index (χ0v) is 17.3. The predicted molar refractivity (Wildman–Crippen MR) is 114 cm³/mol. The first-order valence-electron chi connectivity index (χ1n) is 11.5. The van der Waals surface area contributed by atoms with Crippen molar-refractivity contribution in [2.75, 3.05) is 52.5 Å². The maximum atomic E-state index is 5.41. The summed E-state index contributed by atoms with van der Waals surface area (Å²) in [5.41, 5.74) is 1.50. The standard InChI is InChI=1S/C24H40N2O/c1(2-7-16-26-19-21-27-22-20-26)6-15-25-17-13-24(14-18-25)12-8-11-23-9-4-3-5-10-23/h3-5,9-10,24H,1-2,6-8,11-22H2. The van der Waals surface area contributed by atoms with Gasteiger partial charge in [0.15, 0.2) is 0 Å². The molecule has 0 spiro atoms. The number of aryl methyl sites for hydroxylation is 1. The van der Waals surface area contributed by atoms with Crippen LogP contribution in [0.5, 0.6) is 0 Å². The Balaban J connectivity index is 1.15. The summed E-state index contributed by atoms with van der Waals surface area (Å²) in [5, 5.41) is 0. The Morgan fingerprint density at radius 3 is 2.04 bits per heavy atom.